The molecule has 4 heteroatoms. The van der Waals surface area contributed by atoms with E-state index >= 15 is 0 Å². The number of aliphatic carboxylic acids is 1. The van der Waals surface area contributed by atoms with Gasteiger partial charge >= 0.3 is 5.97 Å². The number of carbonyl (C=O) groups is 1. The third kappa shape index (κ3) is 1.04. The van der Waals surface area contributed by atoms with Crippen molar-refractivity contribution in [2.45, 2.75) is 12.5 Å². The Morgan fingerprint density at radius 2 is 2.56 bits per heavy atom. The predicted octanol–water partition coefficient (Wildman–Crippen LogP) is -0.593. The molecule has 1 fully saturated rings. The second-order valence-corrected chi connectivity index (χ2v) is 2.25. The quantitative estimate of drug-likeness (QED) is 0.499. The van der Waals surface area contributed by atoms with E-state index in [1.807, 2.05) is 0 Å². The zero-order valence-electron chi connectivity index (χ0n) is 5.18. The van der Waals surface area contributed by atoms with Gasteiger partial charge in [-0.25, -0.2) is 4.79 Å². The van der Waals surface area contributed by atoms with Gasteiger partial charge in [0.1, 0.15) is 0 Å². The van der Waals surface area contributed by atoms with Gasteiger partial charge in [-0.1, -0.05) is 0 Å². The van der Waals surface area contributed by atoms with E-state index in [2.05, 4.69) is 5.32 Å². The molecule has 1 aliphatic heterocycles. The monoisotopic (exact) mass is 131 g/mol. The van der Waals surface area contributed by atoms with Gasteiger partial charge in [0.25, 0.3) is 0 Å². The lowest BCUT2D eigenvalue weighted by molar-refractivity contribution is -0.156. The fraction of sp³-hybridized carbons (Fsp3) is 0.800. The molecular formula is C5H9NO3. The molecule has 2 N–H and O–H groups in total. The van der Waals surface area contributed by atoms with Crippen molar-refractivity contribution in [1.82, 2.24) is 5.32 Å². The summed E-state index contributed by atoms with van der Waals surface area (Å²) in [5.74, 6) is -0.910. The van der Waals surface area contributed by atoms with E-state index in [9.17, 15) is 4.79 Å². The molecule has 0 aliphatic carbocycles. The van der Waals surface area contributed by atoms with E-state index in [0.717, 1.165) is 0 Å². The maximum Gasteiger partial charge on any atom is 0.337 e. The lowest BCUT2D eigenvalue weighted by atomic mass is 10.1. The summed E-state index contributed by atoms with van der Waals surface area (Å²) in [6.45, 7) is 2.28. The minimum Gasteiger partial charge on any atom is -0.479 e. The van der Waals surface area contributed by atoms with Crippen molar-refractivity contribution in [3.05, 3.63) is 0 Å². The summed E-state index contributed by atoms with van der Waals surface area (Å²) in [5.41, 5.74) is -1.00. The molecule has 0 bridgehead atoms. The molecule has 1 atom stereocenters. The average Bonchev–Trinajstić information content (AvgIpc) is 2.16. The first-order valence-corrected chi connectivity index (χ1v) is 2.73. The highest BCUT2D eigenvalue weighted by Crippen LogP contribution is 2.12. The molecule has 0 radical (unpaired) electrons. The normalized spacial score (nSPS) is 34.8. The number of hydrogen-bond donors (Lipinski definition) is 2. The molecule has 1 rings (SSSR count). The van der Waals surface area contributed by atoms with Crippen molar-refractivity contribution >= 4 is 5.97 Å². The topological polar surface area (TPSA) is 58.6 Å². The molecule has 52 valence electrons. The van der Waals surface area contributed by atoms with Crippen LogP contribution in [0.4, 0.5) is 0 Å². The Balaban J connectivity index is 2.61. The molecule has 0 aromatic rings. The largest absolute Gasteiger partial charge is 0.479 e. The Morgan fingerprint density at radius 1 is 1.89 bits per heavy atom. The van der Waals surface area contributed by atoms with Gasteiger partial charge in [-0.3, -0.25) is 5.32 Å². The van der Waals surface area contributed by atoms with Crippen LogP contribution < -0.4 is 5.32 Å². The van der Waals surface area contributed by atoms with Gasteiger partial charge in [0.05, 0.1) is 6.73 Å². The molecule has 0 spiro atoms. The fourth-order valence-electron chi connectivity index (χ4n) is 0.688. The number of carboxylic acid groups (broad SMARTS) is 1. The lowest BCUT2D eigenvalue weighted by Gasteiger charge is -2.14. The molecule has 1 unspecified atom stereocenters. The van der Waals surface area contributed by atoms with E-state index in [-0.39, 0.29) is 0 Å². The van der Waals surface area contributed by atoms with Crippen LogP contribution in [-0.4, -0.2) is 30.0 Å². The van der Waals surface area contributed by atoms with Crippen LogP contribution in [0.1, 0.15) is 6.92 Å². The minimum atomic E-state index is -1.00. The van der Waals surface area contributed by atoms with Crippen LogP contribution in [0, 0.1) is 0 Å². The van der Waals surface area contributed by atoms with Crippen LogP contribution in [0.15, 0.2) is 0 Å². The highest BCUT2D eigenvalue weighted by molar-refractivity contribution is 5.77. The summed E-state index contributed by atoms with van der Waals surface area (Å²) >= 11 is 0. The van der Waals surface area contributed by atoms with Crippen molar-refractivity contribution in [1.29, 1.82) is 0 Å². The van der Waals surface area contributed by atoms with E-state index in [1.165, 1.54) is 0 Å². The van der Waals surface area contributed by atoms with Crippen molar-refractivity contribution in [3.63, 3.8) is 0 Å². The molecule has 4 nitrogen and oxygen atoms in total. The molecule has 9 heavy (non-hydrogen) atoms. The van der Waals surface area contributed by atoms with Crippen molar-refractivity contribution in [3.8, 4) is 0 Å². The van der Waals surface area contributed by atoms with Gasteiger partial charge in [-0.15, -0.1) is 0 Å². The van der Waals surface area contributed by atoms with Crippen LogP contribution in [-0.2, 0) is 9.53 Å². The Hall–Kier alpha value is -0.610. The summed E-state index contributed by atoms with van der Waals surface area (Å²) in [4.78, 5) is 10.4. The number of carboxylic acids is 1. The molecule has 1 heterocycles. The van der Waals surface area contributed by atoms with Gasteiger partial charge in [-0.2, -0.15) is 0 Å². The molecule has 0 saturated carbocycles. The number of nitrogens with one attached hydrogen (secondary N) is 1. The first-order chi connectivity index (χ1) is 4.15. The predicted molar refractivity (Wildman–Crippen MR) is 30.0 cm³/mol. The van der Waals surface area contributed by atoms with E-state index < -0.39 is 11.6 Å². The Kier molecular flexibility index (Phi) is 1.42. The first-order valence-electron chi connectivity index (χ1n) is 2.73. The Morgan fingerprint density at radius 3 is 2.78 bits per heavy atom. The fourth-order valence-corrected chi connectivity index (χ4v) is 0.688. The van der Waals surface area contributed by atoms with Crippen LogP contribution in [0.3, 0.4) is 0 Å². The van der Waals surface area contributed by atoms with Gasteiger partial charge in [0.2, 0.25) is 0 Å². The minimum absolute atomic E-state index is 0.336. The molecule has 0 amide bonds. The van der Waals surface area contributed by atoms with Gasteiger partial charge < -0.3 is 9.84 Å². The van der Waals surface area contributed by atoms with Crippen LogP contribution in [0.5, 0.6) is 0 Å². The number of rotatable bonds is 1. The molecular weight excluding hydrogens is 122 g/mol. The number of hydrogen-bond acceptors (Lipinski definition) is 3. The summed E-state index contributed by atoms with van der Waals surface area (Å²) in [6.07, 6.45) is 0. The SMILES string of the molecule is CC1(C(=O)O)CNCO1. The first kappa shape index (κ1) is 6.51. The zero-order valence-corrected chi connectivity index (χ0v) is 5.18. The standard InChI is InChI=1S/C5H9NO3/c1-5(4(7)8)2-6-3-9-5/h6H,2-3H2,1H3,(H,7,8). The molecule has 1 aliphatic rings. The van der Waals surface area contributed by atoms with E-state index in [0.29, 0.717) is 13.3 Å². The van der Waals surface area contributed by atoms with E-state index in [4.69, 9.17) is 9.84 Å². The summed E-state index contributed by atoms with van der Waals surface area (Å²) in [6, 6.07) is 0. The Labute approximate surface area is 52.8 Å². The van der Waals surface area contributed by atoms with Gasteiger partial charge in [-0.05, 0) is 6.92 Å². The van der Waals surface area contributed by atoms with Crippen molar-refractivity contribution < 1.29 is 14.6 Å². The highest BCUT2D eigenvalue weighted by atomic mass is 16.5. The van der Waals surface area contributed by atoms with Crippen molar-refractivity contribution in [2.75, 3.05) is 13.3 Å². The second-order valence-electron chi connectivity index (χ2n) is 2.25. The van der Waals surface area contributed by atoms with E-state index in [1.54, 1.807) is 6.92 Å². The molecule has 1 saturated heterocycles. The second kappa shape index (κ2) is 1.97. The maximum atomic E-state index is 10.4. The third-order valence-electron chi connectivity index (χ3n) is 1.41. The van der Waals surface area contributed by atoms with Crippen LogP contribution in [0.2, 0.25) is 0 Å². The maximum absolute atomic E-state index is 10.4. The highest BCUT2D eigenvalue weighted by Gasteiger charge is 2.37. The van der Waals surface area contributed by atoms with Crippen LogP contribution >= 0.6 is 0 Å². The van der Waals surface area contributed by atoms with Gasteiger partial charge in [0, 0.05) is 6.54 Å². The molecule has 0 aromatic heterocycles. The summed E-state index contributed by atoms with van der Waals surface area (Å²) < 4.78 is 4.89. The third-order valence-corrected chi connectivity index (χ3v) is 1.41. The summed E-state index contributed by atoms with van der Waals surface area (Å²) in [7, 11) is 0. The van der Waals surface area contributed by atoms with Crippen molar-refractivity contribution in [2.24, 2.45) is 0 Å². The van der Waals surface area contributed by atoms with Crippen LogP contribution in [0.25, 0.3) is 0 Å². The lowest BCUT2D eigenvalue weighted by Crippen LogP contribution is -2.38. The average molecular weight is 131 g/mol. The Bertz CT molecular complexity index is 128. The zero-order chi connectivity index (χ0) is 6.91. The molecule has 0 aromatic carbocycles. The summed E-state index contributed by atoms with van der Waals surface area (Å²) in [5, 5.41) is 11.3. The number of ether oxygens (including phenoxy) is 1. The smallest absolute Gasteiger partial charge is 0.337 e. The van der Waals surface area contributed by atoms with Gasteiger partial charge in [0.15, 0.2) is 5.60 Å².